The van der Waals surface area contributed by atoms with Gasteiger partial charge in [0.25, 0.3) is 0 Å². The summed E-state index contributed by atoms with van der Waals surface area (Å²) in [6.07, 6.45) is 1.88. The highest BCUT2D eigenvalue weighted by molar-refractivity contribution is 6.36. The van der Waals surface area contributed by atoms with Crippen LogP contribution in [0.4, 0.5) is 11.5 Å². The number of halogens is 1. The summed E-state index contributed by atoms with van der Waals surface area (Å²) < 4.78 is 5.47. The predicted molar refractivity (Wildman–Crippen MR) is 113 cm³/mol. The molecule has 1 saturated heterocycles. The maximum atomic E-state index is 6.52. The van der Waals surface area contributed by atoms with Crippen LogP contribution >= 0.6 is 11.6 Å². The topological polar surface area (TPSA) is 62.1 Å². The van der Waals surface area contributed by atoms with Crippen molar-refractivity contribution in [2.75, 3.05) is 43.1 Å². The van der Waals surface area contributed by atoms with Gasteiger partial charge in [0.05, 0.1) is 31.2 Å². The summed E-state index contributed by atoms with van der Waals surface area (Å²) in [5.41, 5.74) is 5.60. The SMILES string of the molecule is CC1=C2N=C(c3ccccc3Cl)c3cnc(N4CCOCC4)cc3NC2=NC1. The van der Waals surface area contributed by atoms with Crippen LogP contribution < -0.4 is 10.2 Å². The lowest BCUT2D eigenvalue weighted by atomic mass is 10.0. The number of fused-ring (bicyclic) bond motifs is 2. The summed E-state index contributed by atoms with van der Waals surface area (Å²) in [6, 6.07) is 9.86. The molecule has 1 N–H and O–H groups in total. The quantitative estimate of drug-likeness (QED) is 0.848. The van der Waals surface area contributed by atoms with E-state index in [0.29, 0.717) is 11.6 Å². The fraction of sp³-hybridized carbons (Fsp3) is 0.286. The minimum atomic E-state index is 0.660. The number of ether oxygens (including phenoxy) is 1. The molecule has 3 aliphatic rings. The van der Waals surface area contributed by atoms with E-state index in [4.69, 9.17) is 26.3 Å². The van der Waals surface area contributed by atoms with Crippen molar-refractivity contribution in [3.8, 4) is 0 Å². The lowest BCUT2D eigenvalue weighted by Crippen LogP contribution is -2.36. The zero-order valence-corrected chi connectivity index (χ0v) is 16.3. The van der Waals surface area contributed by atoms with Crippen molar-refractivity contribution in [2.45, 2.75) is 6.92 Å². The molecule has 0 radical (unpaired) electrons. The fourth-order valence-electron chi connectivity index (χ4n) is 3.66. The van der Waals surface area contributed by atoms with Gasteiger partial charge in [-0.05, 0) is 18.6 Å². The largest absolute Gasteiger partial charge is 0.378 e. The van der Waals surface area contributed by atoms with Gasteiger partial charge in [-0.1, -0.05) is 29.8 Å². The van der Waals surface area contributed by atoms with Crippen molar-refractivity contribution in [3.63, 3.8) is 0 Å². The van der Waals surface area contributed by atoms with Crippen molar-refractivity contribution >= 4 is 34.7 Å². The van der Waals surface area contributed by atoms with E-state index in [1.54, 1.807) is 0 Å². The Kier molecular flexibility index (Phi) is 4.37. The zero-order valence-electron chi connectivity index (χ0n) is 15.6. The van der Waals surface area contributed by atoms with Crippen LogP contribution in [0, 0.1) is 0 Å². The summed E-state index contributed by atoms with van der Waals surface area (Å²) in [5, 5.41) is 4.15. The molecule has 4 heterocycles. The minimum Gasteiger partial charge on any atom is -0.378 e. The highest BCUT2D eigenvalue weighted by atomic mass is 35.5. The van der Waals surface area contributed by atoms with Crippen molar-refractivity contribution < 1.29 is 4.74 Å². The summed E-state index contributed by atoms with van der Waals surface area (Å²) in [5.74, 6) is 1.73. The molecule has 0 saturated carbocycles. The maximum Gasteiger partial charge on any atom is 0.152 e. The molecule has 2 aromatic rings. The molecule has 0 aliphatic carbocycles. The maximum absolute atomic E-state index is 6.52. The fourth-order valence-corrected chi connectivity index (χ4v) is 3.88. The first-order valence-electron chi connectivity index (χ1n) is 9.39. The highest BCUT2D eigenvalue weighted by Gasteiger charge is 2.26. The molecule has 0 amide bonds. The van der Waals surface area contributed by atoms with Crippen LogP contribution in [0.1, 0.15) is 18.1 Å². The number of nitrogens with one attached hydrogen (secondary N) is 1. The summed E-state index contributed by atoms with van der Waals surface area (Å²) in [6.45, 7) is 5.84. The molecular weight excluding hydrogens is 374 g/mol. The molecule has 1 aromatic carbocycles. The Labute approximate surface area is 168 Å². The molecule has 5 rings (SSSR count). The molecule has 0 spiro atoms. The van der Waals surface area contributed by atoms with Crippen LogP contribution in [0.3, 0.4) is 0 Å². The number of hydrogen-bond acceptors (Lipinski definition) is 6. The van der Waals surface area contributed by atoms with Crippen molar-refractivity contribution in [3.05, 3.63) is 63.9 Å². The Morgan fingerprint density at radius 1 is 1.14 bits per heavy atom. The van der Waals surface area contributed by atoms with Crippen LogP contribution in [-0.4, -0.2) is 49.4 Å². The summed E-state index contributed by atoms with van der Waals surface area (Å²) in [4.78, 5) is 16.6. The normalized spacial score (nSPS) is 18.7. The molecule has 0 unspecified atom stereocenters. The third kappa shape index (κ3) is 2.99. The summed E-state index contributed by atoms with van der Waals surface area (Å²) in [7, 11) is 0. The van der Waals surface area contributed by atoms with Crippen LogP contribution in [0.15, 0.2) is 57.8 Å². The molecule has 1 aromatic heterocycles. The van der Waals surface area contributed by atoms with E-state index in [0.717, 1.165) is 71.8 Å². The molecule has 1 fully saturated rings. The van der Waals surface area contributed by atoms with Crippen molar-refractivity contribution in [2.24, 2.45) is 9.98 Å². The van der Waals surface area contributed by atoms with Crippen LogP contribution in [0.25, 0.3) is 0 Å². The van der Waals surface area contributed by atoms with E-state index in [1.165, 1.54) is 0 Å². The number of hydrogen-bond donors (Lipinski definition) is 1. The molecule has 6 nitrogen and oxygen atoms in total. The summed E-state index contributed by atoms with van der Waals surface area (Å²) >= 11 is 6.52. The Morgan fingerprint density at radius 3 is 2.79 bits per heavy atom. The smallest absolute Gasteiger partial charge is 0.152 e. The Balaban J connectivity index is 1.66. The number of aliphatic imine (C=N–C) groups is 2. The first-order valence-corrected chi connectivity index (χ1v) is 9.77. The van der Waals surface area contributed by atoms with Gasteiger partial charge in [-0.3, -0.25) is 4.99 Å². The Bertz CT molecular complexity index is 1040. The number of aromatic nitrogens is 1. The van der Waals surface area contributed by atoms with E-state index in [-0.39, 0.29) is 0 Å². The van der Waals surface area contributed by atoms with E-state index in [9.17, 15) is 0 Å². The lowest BCUT2D eigenvalue weighted by Gasteiger charge is -2.28. The second kappa shape index (κ2) is 7.04. The monoisotopic (exact) mass is 393 g/mol. The molecule has 3 aliphatic heterocycles. The number of anilines is 2. The second-order valence-corrected chi connectivity index (χ2v) is 7.45. The number of benzene rings is 1. The molecule has 28 heavy (non-hydrogen) atoms. The lowest BCUT2D eigenvalue weighted by molar-refractivity contribution is 0.122. The van der Waals surface area contributed by atoms with Gasteiger partial charge in [-0.15, -0.1) is 0 Å². The number of pyridine rings is 1. The van der Waals surface area contributed by atoms with Gasteiger partial charge < -0.3 is 15.0 Å². The second-order valence-electron chi connectivity index (χ2n) is 7.05. The molecule has 142 valence electrons. The van der Waals surface area contributed by atoms with E-state index in [1.807, 2.05) is 30.5 Å². The van der Waals surface area contributed by atoms with Gasteiger partial charge in [0.2, 0.25) is 0 Å². The third-order valence-corrected chi connectivity index (χ3v) is 5.52. The average molecular weight is 394 g/mol. The number of nitrogens with zero attached hydrogens (tertiary/aromatic N) is 4. The van der Waals surface area contributed by atoms with Crippen molar-refractivity contribution in [1.82, 2.24) is 4.98 Å². The highest BCUT2D eigenvalue weighted by Crippen LogP contribution is 2.32. The number of rotatable bonds is 2. The van der Waals surface area contributed by atoms with Crippen LogP contribution in [0.2, 0.25) is 5.02 Å². The van der Waals surface area contributed by atoms with Crippen molar-refractivity contribution in [1.29, 1.82) is 0 Å². The van der Waals surface area contributed by atoms with Crippen LogP contribution in [0.5, 0.6) is 0 Å². The molecule has 7 heteroatoms. The molecule has 0 atom stereocenters. The van der Waals surface area contributed by atoms with Gasteiger partial charge in [-0.2, -0.15) is 0 Å². The third-order valence-electron chi connectivity index (χ3n) is 5.19. The first kappa shape index (κ1) is 17.4. The number of amidine groups is 1. The minimum absolute atomic E-state index is 0.660. The van der Waals surface area contributed by atoms with Gasteiger partial charge in [0.15, 0.2) is 5.84 Å². The first-order chi connectivity index (χ1) is 13.7. The molecule has 0 bridgehead atoms. The van der Waals surface area contributed by atoms with Gasteiger partial charge in [-0.25, -0.2) is 9.98 Å². The van der Waals surface area contributed by atoms with Gasteiger partial charge in [0.1, 0.15) is 11.5 Å². The standard InChI is InChI=1S/C21H20ClN5O/c1-13-11-24-21-19(13)26-20(14-4-2-3-5-16(14)22)15-12-23-18(10-17(15)25-21)27-6-8-28-9-7-27/h2-5,10,12H,6-9,11H2,1H3,(H,24,25). The average Bonchev–Trinajstić information content (AvgIpc) is 2.98. The van der Waals surface area contributed by atoms with Gasteiger partial charge >= 0.3 is 0 Å². The molecular formula is C21H20ClN5O. The van der Waals surface area contributed by atoms with E-state index < -0.39 is 0 Å². The predicted octanol–water partition coefficient (Wildman–Crippen LogP) is 3.52. The zero-order chi connectivity index (χ0) is 19.1. The van der Waals surface area contributed by atoms with E-state index >= 15 is 0 Å². The van der Waals surface area contributed by atoms with Gasteiger partial charge in [0, 0.05) is 41.5 Å². The number of morpholine rings is 1. The van der Waals surface area contributed by atoms with E-state index in [2.05, 4.69) is 28.2 Å². The Hall–Kier alpha value is -2.70. The Morgan fingerprint density at radius 2 is 1.96 bits per heavy atom. The van der Waals surface area contributed by atoms with Crippen LogP contribution in [-0.2, 0) is 4.74 Å².